The van der Waals surface area contributed by atoms with Gasteiger partial charge in [-0.2, -0.15) is 5.10 Å². The van der Waals surface area contributed by atoms with Crippen molar-refractivity contribution in [1.82, 2.24) is 9.78 Å². The van der Waals surface area contributed by atoms with Gasteiger partial charge in [0.25, 0.3) is 0 Å². The van der Waals surface area contributed by atoms with Crippen LogP contribution in [-0.4, -0.2) is 21.0 Å². The van der Waals surface area contributed by atoms with Gasteiger partial charge >= 0.3 is 0 Å². The molecule has 3 nitrogen and oxygen atoms in total. The van der Waals surface area contributed by atoms with E-state index < -0.39 is 0 Å². The fraction of sp³-hybridized carbons (Fsp3) is 0.727. The lowest BCUT2D eigenvalue weighted by atomic mass is 9.85. The average Bonchev–Trinajstić information content (AvgIpc) is 2.65. The van der Waals surface area contributed by atoms with Crippen molar-refractivity contribution in [2.75, 3.05) is 0 Å². The summed E-state index contributed by atoms with van der Waals surface area (Å²) in [5, 5.41) is 14.2. The van der Waals surface area contributed by atoms with Crippen LogP contribution in [0.5, 0.6) is 0 Å². The molecule has 0 aliphatic heterocycles. The Bertz CT molecular complexity index is 307. The molecule has 4 heteroatoms. The van der Waals surface area contributed by atoms with Crippen LogP contribution in [0.4, 0.5) is 0 Å². The molecule has 0 amide bonds. The first-order chi connectivity index (χ1) is 7.25. The highest BCUT2D eigenvalue weighted by Gasteiger charge is 2.21. The SMILES string of the molecule is O[C@H](Cn1cc(Br)cn1)C1CCCCC1. The summed E-state index contributed by atoms with van der Waals surface area (Å²) in [4.78, 5) is 0. The van der Waals surface area contributed by atoms with Crippen molar-refractivity contribution in [1.29, 1.82) is 0 Å². The van der Waals surface area contributed by atoms with E-state index in [1.807, 2.05) is 10.9 Å². The van der Waals surface area contributed by atoms with E-state index in [1.165, 1.54) is 32.1 Å². The molecule has 0 saturated heterocycles. The molecule has 0 unspecified atom stereocenters. The lowest BCUT2D eigenvalue weighted by molar-refractivity contribution is 0.0665. The molecule has 1 fully saturated rings. The number of hydrogen-bond acceptors (Lipinski definition) is 2. The highest BCUT2D eigenvalue weighted by Crippen LogP contribution is 2.27. The number of aromatic nitrogens is 2. The molecule has 0 bridgehead atoms. The molecule has 1 heterocycles. The third-order valence-corrected chi connectivity index (χ3v) is 3.58. The standard InChI is InChI=1S/C11H17BrN2O/c12-10-6-13-14(7-10)8-11(15)9-4-2-1-3-5-9/h6-7,9,11,15H,1-5,8H2/t11-/m1/s1. The van der Waals surface area contributed by atoms with Gasteiger partial charge in [0, 0.05) is 6.20 Å². The Morgan fingerprint density at radius 3 is 2.80 bits per heavy atom. The van der Waals surface area contributed by atoms with Crippen LogP contribution < -0.4 is 0 Å². The second kappa shape index (κ2) is 5.12. The maximum Gasteiger partial charge on any atom is 0.0764 e. The van der Waals surface area contributed by atoms with Crippen molar-refractivity contribution in [2.24, 2.45) is 5.92 Å². The van der Waals surface area contributed by atoms with Gasteiger partial charge in [0.05, 0.1) is 23.3 Å². The molecule has 1 N–H and O–H groups in total. The topological polar surface area (TPSA) is 38.0 Å². The summed E-state index contributed by atoms with van der Waals surface area (Å²) in [6, 6.07) is 0. The molecule has 1 aliphatic carbocycles. The molecular weight excluding hydrogens is 256 g/mol. The van der Waals surface area contributed by atoms with Crippen molar-refractivity contribution in [3.8, 4) is 0 Å². The molecule has 1 aliphatic rings. The maximum atomic E-state index is 10.1. The molecular formula is C11H17BrN2O. The zero-order valence-corrected chi connectivity index (χ0v) is 10.4. The van der Waals surface area contributed by atoms with Crippen molar-refractivity contribution in [3.05, 3.63) is 16.9 Å². The minimum atomic E-state index is -0.239. The van der Waals surface area contributed by atoms with Crippen molar-refractivity contribution < 1.29 is 5.11 Å². The van der Waals surface area contributed by atoms with Crippen molar-refractivity contribution in [2.45, 2.75) is 44.8 Å². The second-order valence-electron chi connectivity index (χ2n) is 4.35. The summed E-state index contributed by atoms with van der Waals surface area (Å²) in [7, 11) is 0. The number of nitrogens with zero attached hydrogens (tertiary/aromatic N) is 2. The van der Waals surface area contributed by atoms with Gasteiger partial charge < -0.3 is 5.11 Å². The van der Waals surface area contributed by atoms with Gasteiger partial charge in [0.15, 0.2) is 0 Å². The van der Waals surface area contributed by atoms with Gasteiger partial charge in [-0.1, -0.05) is 19.3 Å². The molecule has 2 rings (SSSR count). The van der Waals surface area contributed by atoms with E-state index in [1.54, 1.807) is 6.20 Å². The first-order valence-electron chi connectivity index (χ1n) is 5.62. The number of hydrogen-bond donors (Lipinski definition) is 1. The molecule has 1 aromatic rings. The predicted molar refractivity (Wildman–Crippen MR) is 62.5 cm³/mol. The van der Waals surface area contributed by atoms with E-state index in [4.69, 9.17) is 0 Å². The van der Waals surface area contributed by atoms with Crippen LogP contribution in [0, 0.1) is 5.92 Å². The van der Waals surface area contributed by atoms with E-state index >= 15 is 0 Å². The van der Waals surface area contributed by atoms with E-state index in [-0.39, 0.29) is 6.10 Å². The first-order valence-corrected chi connectivity index (χ1v) is 6.41. The van der Waals surface area contributed by atoms with E-state index in [0.29, 0.717) is 12.5 Å². The molecule has 1 aromatic heterocycles. The van der Waals surface area contributed by atoms with Gasteiger partial charge in [-0.05, 0) is 34.7 Å². The number of aliphatic hydroxyl groups is 1. The van der Waals surface area contributed by atoms with Crippen LogP contribution in [0.3, 0.4) is 0 Å². The largest absolute Gasteiger partial charge is 0.391 e. The third kappa shape index (κ3) is 3.05. The van der Waals surface area contributed by atoms with E-state index in [9.17, 15) is 5.11 Å². The summed E-state index contributed by atoms with van der Waals surface area (Å²) in [5.41, 5.74) is 0. The molecule has 15 heavy (non-hydrogen) atoms. The number of halogens is 1. The summed E-state index contributed by atoms with van der Waals surface area (Å²) in [6.07, 6.45) is 9.63. The summed E-state index contributed by atoms with van der Waals surface area (Å²) >= 11 is 3.35. The van der Waals surface area contributed by atoms with Crippen LogP contribution >= 0.6 is 15.9 Å². The van der Waals surface area contributed by atoms with Crippen LogP contribution in [0.15, 0.2) is 16.9 Å². The fourth-order valence-corrected chi connectivity index (χ4v) is 2.63. The lowest BCUT2D eigenvalue weighted by Crippen LogP contribution is -2.27. The van der Waals surface area contributed by atoms with Gasteiger partial charge in [-0.15, -0.1) is 0 Å². The zero-order valence-electron chi connectivity index (χ0n) is 8.77. The van der Waals surface area contributed by atoms with Crippen molar-refractivity contribution >= 4 is 15.9 Å². The molecule has 1 atom stereocenters. The van der Waals surface area contributed by atoms with E-state index in [2.05, 4.69) is 21.0 Å². The van der Waals surface area contributed by atoms with Crippen LogP contribution in [0.1, 0.15) is 32.1 Å². The molecule has 0 spiro atoms. The van der Waals surface area contributed by atoms with Gasteiger partial charge in [-0.25, -0.2) is 0 Å². The van der Waals surface area contributed by atoms with Crippen LogP contribution in [0.25, 0.3) is 0 Å². The Morgan fingerprint density at radius 2 is 2.20 bits per heavy atom. The Morgan fingerprint density at radius 1 is 1.47 bits per heavy atom. The Labute approximate surface area is 98.6 Å². The molecule has 0 aromatic carbocycles. The predicted octanol–water partition coefficient (Wildman–Crippen LogP) is 2.59. The third-order valence-electron chi connectivity index (χ3n) is 3.17. The van der Waals surface area contributed by atoms with Crippen LogP contribution in [-0.2, 0) is 6.54 Å². The van der Waals surface area contributed by atoms with Gasteiger partial charge in [0.2, 0.25) is 0 Å². The minimum Gasteiger partial charge on any atom is -0.391 e. The smallest absolute Gasteiger partial charge is 0.0764 e. The Hall–Kier alpha value is -0.350. The monoisotopic (exact) mass is 272 g/mol. The first kappa shape index (κ1) is 11.1. The average molecular weight is 273 g/mol. The normalized spacial score (nSPS) is 20.4. The maximum absolute atomic E-state index is 10.1. The van der Waals surface area contributed by atoms with E-state index in [0.717, 1.165) is 4.47 Å². The fourth-order valence-electron chi connectivity index (χ4n) is 2.30. The Balaban J connectivity index is 1.88. The Kier molecular flexibility index (Phi) is 3.81. The molecule has 1 saturated carbocycles. The molecule has 84 valence electrons. The zero-order chi connectivity index (χ0) is 10.7. The van der Waals surface area contributed by atoms with Crippen LogP contribution in [0.2, 0.25) is 0 Å². The molecule has 0 radical (unpaired) electrons. The van der Waals surface area contributed by atoms with Gasteiger partial charge in [0.1, 0.15) is 0 Å². The minimum absolute atomic E-state index is 0.239. The second-order valence-corrected chi connectivity index (χ2v) is 5.26. The number of rotatable bonds is 3. The van der Waals surface area contributed by atoms with Gasteiger partial charge in [-0.3, -0.25) is 4.68 Å². The highest BCUT2D eigenvalue weighted by atomic mass is 79.9. The van der Waals surface area contributed by atoms with Crippen molar-refractivity contribution in [3.63, 3.8) is 0 Å². The summed E-state index contributed by atoms with van der Waals surface area (Å²) in [5.74, 6) is 0.474. The lowest BCUT2D eigenvalue weighted by Gasteiger charge is -2.26. The summed E-state index contributed by atoms with van der Waals surface area (Å²) < 4.78 is 2.78. The number of aliphatic hydroxyl groups excluding tert-OH is 1. The summed E-state index contributed by atoms with van der Waals surface area (Å²) in [6.45, 7) is 0.621. The highest BCUT2D eigenvalue weighted by molar-refractivity contribution is 9.10. The quantitative estimate of drug-likeness (QED) is 0.919.